The second-order valence-electron chi connectivity index (χ2n) is 8.07. The van der Waals surface area contributed by atoms with Crippen LogP contribution >= 0.6 is 11.6 Å². The standard InChI is InChI=1S/C23H24ClN7O.CH4/c1-29-10-12-30(13-11-29)14-15-31-23-19(21(28-31)16-6-3-2-4-7-16)20(24)22(26-27-23)17-8-5-9-18(32)25-17;/h2-9H,10-15H2,1H3,(H,25,32);1H4. The average molecular weight is 466 g/mol. The lowest BCUT2D eigenvalue weighted by atomic mass is 10.1. The van der Waals surface area contributed by atoms with Gasteiger partial charge in [-0.1, -0.05) is 55.4 Å². The van der Waals surface area contributed by atoms with Gasteiger partial charge in [0.2, 0.25) is 5.56 Å². The molecular weight excluding hydrogens is 438 g/mol. The van der Waals surface area contributed by atoms with Gasteiger partial charge in [-0.05, 0) is 13.1 Å². The van der Waals surface area contributed by atoms with Gasteiger partial charge in [-0.25, -0.2) is 4.68 Å². The predicted octanol–water partition coefficient (Wildman–Crippen LogP) is 3.39. The van der Waals surface area contributed by atoms with Crippen LogP contribution < -0.4 is 5.56 Å². The summed E-state index contributed by atoms with van der Waals surface area (Å²) in [4.78, 5) is 19.4. The highest BCUT2D eigenvalue weighted by molar-refractivity contribution is 6.38. The Bertz CT molecular complexity index is 1290. The van der Waals surface area contributed by atoms with E-state index in [1.54, 1.807) is 12.1 Å². The first-order chi connectivity index (χ1) is 15.6. The molecule has 0 unspecified atom stereocenters. The van der Waals surface area contributed by atoms with E-state index in [4.69, 9.17) is 16.7 Å². The van der Waals surface area contributed by atoms with Crippen LogP contribution in [0.25, 0.3) is 33.7 Å². The van der Waals surface area contributed by atoms with Crippen LogP contribution in [0.3, 0.4) is 0 Å². The van der Waals surface area contributed by atoms with Crippen molar-refractivity contribution in [1.82, 2.24) is 34.8 Å². The highest BCUT2D eigenvalue weighted by atomic mass is 35.5. The largest absolute Gasteiger partial charge is 0.320 e. The van der Waals surface area contributed by atoms with Crippen LogP contribution in [-0.4, -0.2) is 74.5 Å². The molecule has 4 heterocycles. The number of aromatic amines is 1. The number of fused-ring (bicyclic) bond motifs is 1. The van der Waals surface area contributed by atoms with E-state index >= 15 is 0 Å². The van der Waals surface area contributed by atoms with E-state index in [1.807, 2.05) is 35.0 Å². The molecule has 33 heavy (non-hydrogen) atoms. The maximum atomic E-state index is 11.8. The summed E-state index contributed by atoms with van der Waals surface area (Å²) in [5.41, 5.74) is 3.11. The SMILES string of the molecule is C.CN1CCN(CCn2nc(-c3ccccc3)c3c(Cl)c(-c4cccc(=O)[nH]4)nnc32)CC1. The molecule has 5 rings (SSSR count). The van der Waals surface area contributed by atoms with E-state index in [9.17, 15) is 4.79 Å². The lowest BCUT2D eigenvalue weighted by Gasteiger charge is -2.32. The first-order valence-electron chi connectivity index (χ1n) is 10.7. The van der Waals surface area contributed by atoms with Crippen LogP contribution in [0, 0.1) is 0 Å². The molecule has 8 nitrogen and oxygen atoms in total. The van der Waals surface area contributed by atoms with Crippen molar-refractivity contribution in [2.24, 2.45) is 0 Å². The zero-order chi connectivity index (χ0) is 22.1. The molecule has 1 fully saturated rings. The number of rotatable bonds is 5. The van der Waals surface area contributed by atoms with Gasteiger partial charge in [0.15, 0.2) is 5.65 Å². The molecule has 0 spiro atoms. The minimum absolute atomic E-state index is 0. The van der Waals surface area contributed by atoms with Gasteiger partial charge in [-0.3, -0.25) is 9.69 Å². The number of hydrogen-bond acceptors (Lipinski definition) is 6. The Morgan fingerprint density at radius 3 is 2.42 bits per heavy atom. The summed E-state index contributed by atoms with van der Waals surface area (Å²) < 4.78 is 1.90. The third-order valence-corrected chi connectivity index (χ3v) is 6.26. The number of pyridine rings is 1. The number of aromatic nitrogens is 5. The van der Waals surface area contributed by atoms with Gasteiger partial charge in [-0.2, -0.15) is 5.10 Å². The van der Waals surface area contributed by atoms with Crippen molar-refractivity contribution in [3.63, 3.8) is 0 Å². The summed E-state index contributed by atoms with van der Waals surface area (Å²) in [5.74, 6) is 0. The van der Waals surface area contributed by atoms with Gasteiger partial charge in [0.1, 0.15) is 11.4 Å². The molecule has 3 aromatic heterocycles. The number of halogens is 1. The molecule has 0 atom stereocenters. The van der Waals surface area contributed by atoms with Gasteiger partial charge < -0.3 is 9.88 Å². The zero-order valence-electron chi connectivity index (χ0n) is 17.8. The predicted molar refractivity (Wildman–Crippen MR) is 132 cm³/mol. The third-order valence-electron chi connectivity index (χ3n) is 5.89. The fraction of sp³-hybridized carbons (Fsp3) is 0.333. The molecule has 0 aliphatic carbocycles. The first kappa shape index (κ1) is 23.1. The number of likely N-dealkylation sites (N-methyl/N-ethyl adjacent to an activating group) is 1. The van der Waals surface area contributed by atoms with Crippen LogP contribution in [0.1, 0.15) is 7.43 Å². The summed E-state index contributed by atoms with van der Waals surface area (Å²) in [6.45, 7) is 5.79. The summed E-state index contributed by atoms with van der Waals surface area (Å²) >= 11 is 6.87. The van der Waals surface area contributed by atoms with Gasteiger partial charge in [0.25, 0.3) is 0 Å². The Balaban J connectivity index is 0.00000259. The minimum atomic E-state index is -0.216. The van der Waals surface area contributed by atoms with Crippen LogP contribution in [0.2, 0.25) is 5.02 Å². The monoisotopic (exact) mass is 465 g/mol. The number of hydrogen-bond donors (Lipinski definition) is 1. The van der Waals surface area contributed by atoms with Crippen molar-refractivity contribution < 1.29 is 0 Å². The summed E-state index contributed by atoms with van der Waals surface area (Å²) in [5, 5.41) is 14.9. The Morgan fingerprint density at radius 2 is 1.70 bits per heavy atom. The van der Waals surface area contributed by atoms with Gasteiger partial charge in [0, 0.05) is 44.4 Å². The number of H-pyrrole nitrogens is 1. The molecule has 1 saturated heterocycles. The quantitative estimate of drug-likeness (QED) is 0.486. The molecule has 0 radical (unpaired) electrons. The molecule has 1 N–H and O–H groups in total. The van der Waals surface area contributed by atoms with E-state index in [0.29, 0.717) is 28.6 Å². The maximum Gasteiger partial charge on any atom is 0.248 e. The average Bonchev–Trinajstić information content (AvgIpc) is 3.19. The Labute approximate surface area is 197 Å². The summed E-state index contributed by atoms with van der Waals surface area (Å²) in [6.07, 6.45) is 0. The van der Waals surface area contributed by atoms with Crippen molar-refractivity contribution in [1.29, 1.82) is 0 Å². The number of piperazine rings is 1. The van der Waals surface area contributed by atoms with Crippen LogP contribution in [0.5, 0.6) is 0 Å². The van der Waals surface area contributed by atoms with E-state index in [2.05, 4.69) is 32.0 Å². The molecular formula is C24H28ClN7O. The van der Waals surface area contributed by atoms with Gasteiger partial charge in [0.05, 0.1) is 22.6 Å². The molecule has 1 aromatic carbocycles. The molecule has 4 aromatic rings. The van der Waals surface area contributed by atoms with E-state index in [1.165, 1.54) is 6.07 Å². The van der Waals surface area contributed by atoms with Crippen molar-refractivity contribution >= 4 is 22.6 Å². The Kier molecular flexibility index (Phi) is 6.88. The highest BCUT2D eigenvalue weighted by Crippen LogP contribution is 2.36. The zero-order valence-corrected chi connectivity index (χ0v) is 18.6. The molecule has 1 aliphatic rings. The van der Waals surface area contributed by atoms with E-state index < -0.39 is 0 Å². The topological polar surface area (TPSA) is 82.9 Å². The lowest BCUT2D eigenvalue weighted by Crippen LogP contribution is -2.45. The number of nitrogens with zero attached hydrogens (tertiary/aromatic N) is 6. The number of nitrogens with one attached hydrogen (secondary N) is 1. The molecule has 0 saturated carbocycles. The second kappa shape index (κ2) is 9.82. The van der Waals surface area contributed by atoms with E-state index in [0.717, 1.165) is 49.4 Å². The number of benzene rings is 1. The van der Waals surface area contributed by atoms with Crippen LogP contribution in [0.15, 0.2) is 53.3 Å². The Hall–Kier alpha value is -3.07. The van der Waals surface area contributed by atoms with Gasteiger partial charge >= 0.3 is 0 Å². The minimum Gasteiger partial charge on any atom is -0.320 e. The summed E-state index contributed by atoms with van der Waals surface area (Å²) in [6, 6.07) is 14.8. The molecule has 0 bridgehead atoms. The lowest BCUT2D eigenvalue weighted by molar-refractivity contribution is 0.149. The second-order valence-corrected chi connectivity index (χ2v) is 8.45. The van der Waals surface area contributed by atoms with Crippen molar-refractivity contribution in [2.45, 2.75) is 14.0 Å². The maximum absolute atomic E-state index is 11.8. The van der Waals surface area contributed by atoms with Crippen LogP contribution in [0.4, 0.5) is 0 Å². The normalized spacial score (nSPS) is 15.0. The molecule has 1 aliphatic heterocycles. The smallest absolute Gasteiger partial charge is 0.248 e. The molecule has 172 valence electrons. The fourth-order valence-corrected chi connectivity index (χ4v) is 4.35. The van der Waals surface area contributed by atoms with Gasteiger partial charge in [-0.15, -0.1) is 10.2 Å². The molecule has 9 heteroatoms. The van der Waals surface area contributed by atoms with Crippen molar-refractivity contribution in [3.05, 3.63) is 63.9 Å². The fourth-order valence-electron chi connectivity index (χ4n) is 4.04. The third kappa shape index (κ3) is 4.68. The summed E-state index contributed by atoms with van der Waals surface area (Å²) in [7, 11) is 2.15. The van der Waals surface area contributed by atoms with E-state index in [-0.39, 0.29) is 13.0 Å². The Morgan fingerprint density at radius 1 is 0.939 bits per heavy atom. The molecule has 0 amide bonds. The first-order valence-corrected chi connectivity index (χ1v) is 11.1. The van der Waals surface area contributed by atoms with Crippen LogP contribution in [-0.2, 0) is 6.54 Å². The highest BCUT2D eigenvalue weighted by Gasteiger charge is 2.22. The van der Waals surface area contributed by atoms with Crippen molar-refractivity contribution in [2.75, 3.05) is 39.8 Å². The van der Waals surface area contributed by atoms with Crippen molar-refractivity contribution in [3.8, 4) is 22.6 Å².